The van der Waals surface area contributed by atoms with Crippen LogP contribution >= 0.6 is 0 Å². The van der Waals surface area contributed by atoms with Crippen molar-refractivity contribution in [2.24, 2.45) is 0 Å². The molecular weight excluding hydrogens is 366 g/mol. The molecule has 2 aromatic carbocycles. The van der Waals surface area contributed by atoms with Gasteiger partial charge in [-0.15, -0.1) is 0 Å². The Labute approximate surface area is 173 Å². The second kappa shape index (κ2) is 10.7. The lowest BCUT2D eigenvalue weighted by molar-refractivity contribution is -0.146. The Kier molecular flexibility index (Phi) is 8.36. The molecule has 0 aromatic heterocycles. The molecule has 0 aliphatic heterocycles. The van der Waals surface area contributed by atoms with Crippen LogP contribution in [0.1, 0.15) is 59.5 Å². The number of hydroxylamine groups is 2. The summed E-state index contributed by atoms with van der Waals surface area (Å²) in [5.41, 5.74) is 3.37. The van der Waals surface area contributed by atoms with Crippen LogP contribution < -0.4 is 10.6 Å². The molecule has 2 aromatic rings. The van der Waals surface area contributed by atoms with E-state index in [4.69, 9.17) is 4.84 Å². The normalized spacial score (nSPS) is 11.2. The maximum Gasteiger partial charge on any atom is 0.251 e. The van der Waals surface area contributed by atoms with Crippen molar-refractivity contribution in [1.82, 2.24) is 15.7 Å². The van der Waals surface area contributed by atoms with Gasteiger partial charge in [-0.05, 0) is 63.1 Å². The van der Waals surface area contributed by atoms with E-state index in [2.05, 4.69) is 10.6 Å². The van der Waals surface area contributed by atoms with Crippen molar-refractivity contribution in [1.29, 1.82) is 0 Å². The van der Waals surface area contributed by atoms with Gasteiger partial charge in [0.1, 0.15) is 0 Å². The lowest BCUT2D eigenvalue weighted by atomic mass is 10.1. The molecule has 0 heterocycles. The molecule has 0 saturated heterocycles. The first kappa shape index (κ1) is 22.6. The van der Waals surface area contributed by atoms with E-state index < -0.39 is 0 Å². The maximum atomic E-state index is 12.0. The van der Waals surface area contributed by atoms with Crippen molar-refractivity contribution in [2.75, 3.05) is 7.11 Å². The molecule has 2 N–H and O–H groups in total. The van der Waals surface area contributed by atoms with Crippen molar-refractivity contribution in [3.63, 3.8) is 0 Å². The number of rotatable bonds is 9. The van der Waals surface area contributed by atoms with Crippen LogP contribution in [0.3, 0.4) is 0 Å². The summed E-state index contributed by atoms with van der Waals surface area (Å²) in [4.78, 5) is 29.6. The monoisotopic (exact) mass is 397 g/mol. The molecular formula is C23H31N3O3. The Hall–Kier alpha value is -2.70. The summed E-state index contributed by atoms with van der Waals surface area (Å²) in [6.07, 6.45) is 0. The van der Waals surface area contributed by atoms with Gasteiger partial charge in [-0.3, -0.25) is 9.59 Å². The Morgan fingerprint density at radius 2 is 1.10 bits per heavy atom. The highest BCUT2D eigenvalue weighted by Gasteiger charge is 2.11. The number of benzene rings is 2. The van der Waals surface area contributed by atoms with Crippen LogP contribution in [0.25, 0.3) is 0 Å². The molecule has 156 valence electrons. The minimum absolute atomic E-state index is 0.0725. The Morgan fingerprint density at radius 3 is 1.38 bits per heavy atom. The van der Waals surface area contributed by atoms with E-state index in [0.29, 0.717) is 24.2 Å². The standard InChI is InChI=1S/C23H31N3O3/c1-16(2)24-22(27)20-10-6-18(7-11-20)14-26(29-5)15-19-8-12-21(13-9-19)23(28)25-17(3)4/h6-13,16-17H,14-15H2,1-5H3,(H,24,27)(H,25,28). The Balaban J connectivity index is 1.96. The molecule has 0 fully saturated rings. The van der Waals surface area contributed by atoms with Crippen LogP contribution in [0.5, 0.6) is 0 Å². The summed E-state index contributed by atoms with van der Waals surface area (Å²) in [5.74, 6) is -0.145. The summed E-state index contributed by atoms with van der Waals surface area (Å²) < 4.78 is 0. The predicted octanol–water partition coefficient (Wildman–Crippen LogP) is 3.53. The van der Waals surface area contributed by atoms with Gasteiger partial charge in [0.05, 0.1) is 7.11 Å². The zero-order valence-corrected chi connectivity index (χ0v) is 17.9. The largest absolute Gasteiger partial charge is 0.350 e. The van der Waals surface area contributed by atoms with Crippen molar-refractivity contribution in [2.45, 2.75) is 52.9 Å². The first-order valence-corrected chi connectivity index (χ1v) is 9.87. The molecule has 2 rings (SSSR count). The third-order valence-electron chi connectivity index (χ3n) is 4.25. The number of hydrogen-bond acceptors (Lipinski definition) is 4. The van der Waals surface area contributed by atoms with Gasteiger partial charge in [-0.2, -0.15) is 5.06 Å². The summed E-state index contributed by atoms with van der Waals surface area (Å²) in [6, 6.07) is 15.2. The van der Waals surface area contributed by atoms with E-state index in [1.165, 1.54) is 0 Å². The smallest absolute Gasteiger partial charge is 0.251 e. The molecule has 6 nitrogen and oxygen atoms in total. The quantitative estimate of drug-likeness (QED) is 0.635. The van der Waals surface area contributed by atoms with Gasteiger partial charge in [-0.1, -0.05) is 24.3 Å². The topological polar surface area (TPSA) is 70.7 Å². The highest BCUT2D eigenvalue weighted by molar-refractivity contribution is 5.94. The van der Waals surface area contributed by atoms with Gasteiger partial charge in [0.15, 0.2) is 0 Å². The average Bonchev–Trinajstić information content (AvgIpc) is 2.67. The van der Waals surface area contributed by atoms with Gasteiger partial charge >= 0.3 is 0 Å². The van der Waals surface area contributed by atoms with Crippen molar-refractivity contribution >= 4 is 11.8 Å². The molecule has 0 saturated carbocycles. The van der Waals surface area contributed by atoms with E-state index in [0.717, 1.165) is 11.1 Å². The number of nitrogens with one attached hydrogen (secondary N) is 2. The highest BCUT2D eigenvalue weighted by Crippen LogP contribution is 2.13. The summed E-state index contributed by atoms with van der Waals surface area (Å²) in [5, 5.41) is 7.59. The van der Waals surface area contributed by atoms with Crippen LogP contribution in [-0.2, 0) is 17.9 Å². The lowest BCUT2D eigenvalue weighted by Crippen LogP contribution is -2.30. The van der Waals surface area contributed by atoms with Crippen LogP contribution in [0.15, 0.2) is 48.5 Å². The molecule has 0 aliphatic carbocycles. The van der Waals surface area contributed by atoms with E-state index in [1.54, 1.807) is 7.11 Å². The van der Waals surface area contributed by atoms with Crippen molar-refractivity contribution in [3.05, 3.63) is 70.8 Å². The average molecular weight is 398 g/mol. The molecule has 2 amide bonds. The number of nitrogens with zero attached hydrogens (tertiary/aromatic N) is 1. The molecule has 0 radical (unpaired) electrons. The van der Waals surface area contributed by atoms with Gasteiger partial charge in [0.2, 0.25) is 0 Å². The molecule has 0 atom stereocenters. The predicted molar refractivity (Wildman–Crippen MR) is 114 cm³/mol. The summed E-state index contributed by atoms with van der Waals surface area (Å²) in [7, 11) is 1.63. The fraction of sp³-hybridized carbons (Fsp3) is 0.391. The lowest BCUT2D eigenvalue weighted by Gasteiger charge is -2.20. The van der Waals surface area contributed by atoms with E-state index in [-0.39, 0.29) is 23.9 Å². The van der Waals surface area contributed by atoms with Crippen LogP contribution in [-0.4, -0.2) is 36.1 Å². The number of carbonyl (C=O) groups excluding carboxylic acids is 2. The molecule has 0 unspecified atom stereocenters. The molecule has 29 heavy (non-hydrogen) atoms. The second-order valence-electron chi connectivity index (χ2n) is 7.63. The fourth-order valence-electron chi connectivity index (χ4n) is 2.81. The first-order chi connectivity index (χ1) is 13.8. The highest BCUT2D eigenvalue weighted by atomic mass is 16.7. The fourth-order valence-corrected chi connectivity index (χ4v) is 2.81. The minimum Gasteiger partial charge on any atom is -0.350 e. The molecule has 6 heteroatoms. The first-order valence-electron chi connectivity index (χ1n) is 9.87. The second-order valence-corrected chi connectivity index (χ2v) is 7.63. The van der Waals surface area contributed by atoms with Crippen LogP contribution in [0.2, 0.25) is 0 Å². The Bertz CT molecular complexity index is 732. The van der Waals surface area contributed by atoms with E-state index in [9.17, 15) is 9.59 Å². The van der Waals surface area contributed by atoms with Crippen LogP contribution in [0, 0.1) is 0 Å². The zero-order chi connectivity index (χ0) is 21.4. The maximum absolute atomic E-state index is 12.0. The molecule has 0 spiro atoms. The third kappa shape index (κ3) is 7.33. The van der Waals surface area contributed by atoms with E-state index in [1.807, 2.05) is 81.3 Å². The van der Waals surface area contributed by atoms with Gasteiger partial charge in [0.25, 0.3) is 11.8 Å². The SMILES string of the molecule is CON(Cc1ccc(C(=O)NC(C)C)cc1)Cc1ccc(C(=O)NC(C)C)cc1. The summed E-state index contributed by atoms with van der Waals surface area (Å²) >= 11 is 0. The van der Waals surface area contributed by atoms with Crippen LogP contribution in [0.4, 0.5) is 0 Å². The molecule has 0 bridgehead atoms. The minimum atomic E-state index is -0.0725. The number of carbonyl (C=O) groups is 2. The number of amides is 2. The summed E-state index contributed by atoms with van der Waals surface area (Å²) in [6.45, 7) is 8.91. The van der Waals surface area contributed by atoms with Gasteiger partial charge in [0, 0.05) is 36.3 Å². The molecule has 0 aliphatic rings. The van der Waals surface area contributed by atoms with Crippen molar-refractivity contribution < 1.29 is 14.4 Å². The van der Waals surface area contributed by atoms with Crippen molar-refractivity contribution in [3.8, 4) is 0 Å². The Morgan fingerprint density at radius 1 is 0.759 bits per heavy atom. The van der Waals surface area contributed by atoms with E-state index >= 15 is 0 Å². The van der Waals surface area contributed by atoms with Gasteiger partial charge < -0.3 is 15.5 Å². The third-order valence-corrected chi connectivity index (χ3v) is 4.25. The zero-order valence-electron chi connectivity index (χ0n) is 17.9. The number of hydrogen-bond donors (Lipinski definition) is 2. The van der Waals surface area contributed by atoms with Gasteiger partial charge in [-0.25, -0.2) is 0 Å².